The van der Waals surface area contributed by atoms with Crippen LogP contribution in [-0.4, -0.2) is 34.8 Å². The van der Waals surface area contributed by atoms with Crippen molar-refractivity contribution in [3.05, 3.63) is 52.3 Å². The van der Waals surface area contributed by atoms with Crippen molar-refractivity contribution >= 4 is 17.7 Å². The summed E-state index contributed by atoms with van der Waals surface area (Å²) in [7, 11) is 0. The molecule has 1 heterocycles. The molecule has 0 spiro atoms. The predicted octanol–water partition coefficient (Wildman–Crippen LogP) is 2.75. The molecule has 2 aliphatic rings. The summed E-state index contributed by atoms with van der Waals surface area (Å²) in [6.07, 6.45) is 9.80. The first-order valence-electron chi connectivity index (χ1n) is 10.3. The number of urea groups is 1. The molecule has 1 atom stereocenters. The van der Waals surface area contributed by atoms with E-state index >= 15 is 0 Å². The van der Waals surface area contributed by atoms with Crippen molar-refractivity contribution in [1.82, 2.24) is 15.5 Å². The van der Waals surface area contributed by atoms with Crippen LogP contribution in [0.15, 0.2) is 24.5 Å². The van der Waals surface area contributed by atoms with Crippen LogP contribution < -0.4 is 10.6 Å². The number of esters is 1. The lowest BCUT2D eigenvalue weighted by Gasteiger charge is -2.20. The molecule has 0 bridgehead atoms. The Morgan fingerprint density at radius 2 is 1.83 bits per heavy atom. The van der Waals surface area contributed by atoms with Crippen molar-refractivity contribution in [2.75, 3.05) is 11.9 Å². The smallest absolute Gasteiger partial charge is 0.329 e. The largest absolute Gasteiger partial charge is 0.464 e. The Hall–Kier alpha value is -2.96. The van der Waals surface area contributed by atoms with E-state index in [0.29, 0.717) is 6.42 Å². The molecular weight excluding hydrogens is 368 g/mol. The number of nitrogens with one attached hydrogen (secondary N) is 2. The second kappa shape index (κ2) is 8.59. The topological polar surface area (TPSA) is 93.2 Å². The van der Waals surface area contributed by atoms with Crippen molar-refractivity contribution in [2.24, 2.45) is 0 Å². The van der Waals surface area contributed by atoms with Gasteiger partial charge in [-0.2, -0.15) is 10.2 Å². The van der Waals surface area contributed by atoms with E-state index in [2.05, 4.69) is 26.9 Å². The van der Waals surface area contributed by atoms with E-state index in [1.54, 1.807) is 25.4 Å². The van der Waals surface area contributed by atoms with Crippen molar-refractivity contribution in [1.29, 1.82) is 0 Å². The van der Waals surface area contributed by atoms with E-state index in [4.69, 9.17) is 4.74 Å². The number of fused-ring (bicyclic) bond motifs is 2. The lowest BCUT2D eigenvalue weighted by molar-refractivity contribution is -0.145. The summed E-state index contributed by atoms with van der Waals surface area (Å²) in [6, 6.07) is 2.94. The van der Waals surface area contributed by atoms with Gasteiger partial charge in [0.2, 0.25) is 0 Å². The van der Waals surface area contributed by atoms with Crippen molar-refractivity contribution in [3.8, 4) is 0 Å². The number of rotatable bonds is 6. The number of amides is 2. The van der Waals surface area contributed by atoms with Crippen LogP contribution >= 0.6 is 0 Å². The molecule has 7 heteroatoms. The number of benzene rings is 1. The number of hydrogen-bond acceptors (Lipinski definition) is 5. The molecule has 0 saturated carbocycles. The average molecular weight is 394 g/mol. The van der Waals surface area contributed by atoms with Crippen LogP contribution in [0.5, 0.6) is 0 Å². The minimum Gasteiger partial charge on any atom is -0.464 e. The normalized spacial score (nSPS) is 15.3. The third kappa shape index (κ3) is 4.23. The Morgan fingerprint density at radius 1 is 1.10 bits per heavy atom. The molecule has 29 heavy (non-hydrogen) atoms. The zero-order valence-corrected chi connectivity index (χ0v) is 16.7. The fourth-order valence-corrected chi connectivity index (χ4v) is 4.39. The lowest BCUT2D eigenvalue weighted by atomic mass is 9.99. The Bertz CT molecular complexity index is 882. The van der Waals surface area contributed by atoms with Crippen LogP contribution in [0.4, 0.5) is 10.5 Å². The number of ether oxygens (including phenoxy) is 1. The first-order valence-corrected chi connectivity index (χ1v) is 10.3. The van der Waals surface area contributed by atoms with Gasteiger partial charge in [-0.15, -0.1) is 0 Å². The predicted molar refractivity (Wildman–Crippen MR) is 109 cm³/mol. The maximum absolute atomic E-state index is 12.9. The molecule has 4 rings (SSSR count). The quantitative estimate of drug-likeness (QED) is 0.735. The van der Waals surface area contributed by atoms with Gasteiger partial charge in [0, 0.05) is 18.3 Å². The molecule has 0 radical (unpaired) electrons. The molecule has 0 unspecified atom stereocenters. The van der Waals surface area contributed by atoms with Gasteiger partial charge in [-0.3, -0.25) is 0 Å². The number of nitrogens with zero attached hydrogens (tertiary/aromatic N) is 2. The number of carbonyl (C=O) groups is 2. The van der Waals surface area contributed by atoms with Crippen LogP contribution in [0.2, 0.25) is 0 Å². The summed E-state index contributed by atoms with van der Waals surface area (Å²) >= 11 is 0. The maximum Gasteiger partial charge on any atom is 0.329 e. The fourth-order valence-electron chi connectivity index (χ4n) is 4.39. The number of hydrogen-bond donors (Lipinski definition) is 2. The zero-order chi connectivity index (χ0) is 20.2. The molecule has 2 N–H and O–H groups in total. The molecule has 7 nitrogen and oxygen atoms in total. The number of aryl methyl sites for hydroxylation is 2. The lowest BCUT2D eigenvalue weighted by Crippen LogP contribution is -2.45. The first kappa shape index (κ1) is 19.4. The second-order valence-electron chi connectivity index (χ2n) is 7.59. The van der Waals surface area contributed by atoms with E-state index in [1.165, 1.54) is 22.3 Å². The highest BCUT2D eigenvalue weighted by atomic mass is 16.5. The van der Waals surface area contributed by atoms with Gasteiger partial charge >= 0.3 is 12.0 Å². The molecule has 1 aromatic carbocycles. The SMILES string of the molecule is CCOC(=O)[C@@H](Cc1ccnnc1)NC(=O)Nc1c2c(cc3c1CCC3)CCC2. The first-order chi connectivity index (χ1) is 14.2. The van der Waals surface area contributed by atoms with Crippen LogP contribution in [0.3, 0.4) is 0 Å². The van der Waals surface area contributed by atoms with E-state index in [-0.39, 0.29) is 12.6 Å². The second-order valence-corrected chi connectivity index (χ2v) is 7.59. The van der Waals surface area contributed by atoms with Crippen LogP contribution in [0, 0.1) is 0 Å². The standard InChI is InChI=1S/C22H26N4O3/c1-2-29-21(27)19(11-14-9-10-23-24-13-14)25-22(28)26-20-17-7-3-5-15(17)12-16-6-4-8-18(16)20/h9-10,12-13,19H,2-8,11H2,1H3,(H2,25,26,28)/t19-/m1/s1. The molecule has 2 aliphatic carbocycles. The molecule has 0 fully saturated rings. The summed E-state index contributed by atoms with van der Waals surface area (Å²) in [5.74, 6) is -0.456. The van der Waals surface area contributed by atoms with Crippen LogP contribution in [0.25, 0.3) is 0 Å². The molecule has 0 saturated heterocycles. The van der Waals surface area contributed by atoms with Crippen LogP contribution in [-0.2, 0) is 41.6 Å². The summed E-state index contributed by atoms with van der Waals surface area (Å²) in [4.78, 5) is 25.3. The van der Waals surface area contributed by atoms with Gasteiger partial charge in [0.25, 0.3) is 0 Å². The van der Waals surface area contributed by atoms with Crippen molar-refractivity contribution in [2.45, 2.75) is 57.9 Å². The average Bonchev–Trinajstić information content (AvgIpc) is 3.37. The highest BCUT2D eigenvalue weighted by Crippen LogP contribution is 2.38. The molecule has 2 amide bonds. The minimum atomic E-state index is -0.788. The third-order valence-electron chi connectivity index (χ3n) is 5.67. The summed E-state index contributed by atoms with van der Waals surface area (Å²) in [5, 5.41) is 13.5. The van der Waals surface area contributed by atoms with Crippen molar-refractivity contribution < 1.29 is 14.3 Å². The summed E-state index contributed by atoms with van der Waals surface area (Å²) < 4.78 is 5.16. The van der Waals surface area contributed by atoms with Gasteiger partial charge in [0.1, 0.15) is 6.04 Å². The Kier molecular flexibility index (Phi) is 5.74. The van der Waals surface area contributed by atoms with E-state index < -0.39 is 12.0 Å². The van der Waals surface area contributed by atoms with Gasteiger partial charge in [-0.05, 0) is 79.3 Å². The highest BCUT2D eigenvalue weighted by Gasteiger charge is 2.27. The van der Waals surface area contributed by atoms with E-state index in [9.17, 15) is 9.59 Å². The van der Waals surface area contributed by atoms with Gasteiger partial charge in [-0.1, -0.05) is 6.07 Å². The monoisotopic (exact) mass is 394 g/mol. The molecule has 1 aromatic heterocycles. The van der Waals surface area contributed by atoms with Gasteiger partial charge in [0.05, 0.1) is 12.8 Å². The van der Waals surface area contributed by atoms with Crippen molar-refractivity contribution in [3.63, 3.8) is 0 Å². The molecule has 0 aliphatic heterocycles. The number of aromatic nitrogens is 2. The maximum atomic E-state index is 12.9. The number of anilines is 1. The number of carbonyl (C=O) groups excluding carboxylic acids is 2. The molecular formula is C22H26N4O3. The zero-order valence-electron chi connectivity index (χ0n) is 16.7. The van der Waals surface area contributed by atoms with Gasteiger partial charge in [-0.25, -0.2) is 9.59 Å². The molecule has 2 aromatic rings. The third-order valence-corrected chi connectivity index (χ3v) is 5.67. The highest BCUT2D eigenvalue weighted by molar-refractivity contribution is 5.94. The Labute approximate surface area is 170 Å². The minimum absolute atomic E-state index is 0.257. The molecule has 152 valence electrons. The van der Waals surface area contributed by atoms with Gasteiger partial charge < -0.3 is 15.4 Å². The Morgan fingerprint density at radius 3 is 2.45 bits per heavy atom. The van der Waals surface area contributed by atoms with Gasteiger partial charge in [0.15, 0.2) is 0 Å². The van der Waals surface area contributed by atoms with E-state index in [1.807, 2.05) is 0 Å². The fraction of sp³-hybridized carbons (Fsp3) is 0.455. The summed E-state index contributed by atoms with van der Waals surface area (Å²) in [5.41, 5.74) is 6.98. The van der Waals surface area contributed by atoms with E-state index in [0.717, 1.165) is 49.8 Å². The summed E-state index contributed by atoms with van der Waals surface area (Å²) in [6.45, 7) is 2.01. The Balaban J connectivity index is 1.52. The van der Waals surface area contributed by atoms with Crippen LogP contribution in [0.1, 0.15) is 47.6 Å².